The third-order valence-electron chi connectivity index (χ3n) is 1.75. The van der Waals surface area contributed by atoms with Crippen molar-refractivity contribution in [3.05, 3.63) is 26.6 Å². The van der Waals surface area contributed by atoms with Gasteiger partial charge in [0, 0.05) is 15.6 Å². The first-order chi connectivity index (χ1) is 7.29. The van der Waals surface area contributed by atoms with Gasteiger partial charge >= 0.3 is 6.18 Å². The predicted molar refractivity (Wildman–Crippen MR) is 56.5 cm³/mol. The van der Waals surface area contributed by atoms with E-state index < -0.39 is 23.9 Å². The van der Waals surface area contributed by atoms with Crippen molar-refractivity contribution in [1.29, 1.82) is 0 Å². The molecule has 1 aromatic heterocycles. The Morgan fingerprint density at radius 2 is 1.94 bits per heavy atom. The highest BCUT2D eigenvalue weighted by Crippen LogP contribution is 2.39. The van der Waals surface area contributed by atoms with E-state index in [4.69, 9.17) is 11.6 Å². The minimum Gasteiger partial charge on any atom is -0.254 e. The van der Waals surface area contributed by atoms with Crippen LogP contribution in [0, 0.1) is 3.57 Å². The maximum absolute atomic E-state index is 12.6. The van der Waals surface area contributed by atoms with Crippen LogP contribution in [0.15, 0.2) is 6.20 Å². The SMILES string of the molecule is FC(F)c1ncc(CCl)c(I)c1C(F)(F)F. The van der Waals surface area contributed by atoms with E-state index in [-0.39, 0.29) is 15.0 Å². The lowest BCUT2D eigenvalue weighted by Gasteiger charge is -2.15. The zero-order chi connectivity index (χ0) is 12.5. The van der Waals surface area contributed by atoms with Crippen molar-refractivity contribution in [3.63, 3.8) is 0 Å². The molecule has 0 spiro atoms. The highest BCUT2D eigenvalue weighted by Gasteiger charge is 2.39. The summed E-state index contributed by atoms with van der Waals surface area (Å²) in [6, 6.07) is 0. The minimum atomic E-state index is -4.86. The summed E-state index contributed by atoms with van der Waals surface area (Å²) in [7, 11) is 0. The summed E-state index contributed by atoms with van der Waals surface area (Å²) in [6.45, 7) is 0. The number of pyridine rings is 1. The molecule has 0 saturated heterocycles. The van der Waals surface area contributed by atoms with Crippen molar-refractivity contribution in [2.24, 2.45) is 0 Å². The van der Waals surface area contributed by atoms with Crippen LogP contribution in [-0.2, 0) is 12.1 Å². The fourth-order valence-electron chi connectivity index (χ4n) is 1.07. The van der Waals surface area contributed by atoms with Crippen molar-refractivity contribution in [3.8, 4) is 0 Å². The zero-order valence-corrected chi connectivity index (χ0v) is 10.4. The molecule has 1 nitrogen and oxygen atoms in total. The van der Waals surface area contributed by atoms with Crippen molar-refractivity contribution in [2.75, 3.05) is 0 Å². The Morgan fingerprint density at radius 3 is 2.31 bits per heavy atom. The van der Waals surface area contributed by atoms with E-state index in [1.165, 1.54) is 22.6 Å². The van der Waals surface area contributed by atoms with Crippen LogP contribution in [0.25, 0.3) is 0 Å². The van der Waals surface area contributed by atoms with Crippen molar-refractivity contribution in [2.45, 2.75) is 18.5 Å². The molecule has 16 heavy (non-hydrogen) atoms. The highest BCUT2D eigenvalue weighted by atomic mass is 127. The van der Waals surface area contributed by atoms with Crippen LogP contribution in [-0.4, -0.2) is 4.98 Å². The molecular weight excluding hydrogens is 367 g/mol. The highest BCUT2D eigenvalue weighted by molar-refractivity contribution is 14.1. The molecule has 0 atom stereocenters. The van der Waals surface area contributed by atoms with Crippen molar-refractivity contribution < 1.29 is 22.0 Å². The normalized spacial score (nSPS) is 12.2. The van der Waals surface area contributed by atoms with E-state index in [0.29, 0.717) is 0 Å². The van der Waals surface area contributed by atoms with Crippen LogP contribution < -0.4 is 0 Å². The van der Waals surface area contributed by atoms with Gasteiger partial charge in [0.25, 0.3) is 6.43 Å². The zero-order valence-electron chi connectivity index (χ0n) is 7.45. The molecule has 1 rings (SSSR count). The van der Waals surface area contributed by atoms with E-state index in [2.05, 4.69) is 4.98 Å². The maximum atomic E-state index is 12.6. The van der Waals surface area contributed by atoms with Gasteiger partial charge in [0.15, 0.2) is 0 Å². The molecule has 0 saturated carbocycles. The van der Waals surface area contributed by atoms with Crippen LogP contribution in [0.1, 0.15) is 23.2 Å². The van der Waals surface area contributed by atoms with Gasteiger partial charge in [-0.15, -0.1) is 11.6 Å². The van der Waals surface area contributed by atoms with Gasteiger partial charge in [-0.25, -0.2) is 8.78 Å². The van der Waals surface area contributed by atoms with Gasteiger partial charge in [-0.05, 0) is 28.2 Å². The molecule has 1 heterocycles. The Bertz CT molecular complexity index is 393. The van der Waals surface area contributed by atoms with Gasteiger partial charge in [-0.1, -0.05) is 0 Å². The summed E-state index contributed by atoms with van der Waals surface area (Å²) < 4.78 is 62.1. The Labute approximate surface area is 106 Å². The van der Waals surface area contributed by atoms with Crippen LogP contribution in [0.5, 0.6) is 0 Å². The molecule has 0 bridgehead atoms. The lowest BCUT2D eigenvalue weighted by Crippen LogP contribution is -2.15. The number of halogens is 7. The summed E-state index contributed by atoms with van der Waals surface area (Å²) >= 11 is 6.73. The summed E-state index contributed by atoms with van der Waals surface area (Å²) in [6.07, 6.45) is -7.20. The monoisotopic (exact) mass is 371 g/mol. The minimum absolute atomic E-state index is 0.0824. The number of hydrogen-bond acceptors (Lipinski definition) is 1. The molecule has 1 aromatic rings. The smallest absolute Gasteiger partial charge is 0.254 e. The molecular formula is C8H4ClF5IN. The molecule has 0 aliphatic heterocycles. The molecule has 0 amide bonds. The molecule has 90 valence electrons. The van der Waals surface area contributed by atoms with Crippen molar-refractivity contribution in [1.82, 2.24) is 4.98 Å². The first kappa shape index (κ1) is 13.9. The topological polar surface area (TPSA) is 12.9 Å². The number of nitrogens with zero attached hydrogens (tertiary/aromatic N) is 1. The summed E-state index contributed by atoms with van der Waals surface area (Å²) in [5.74, 6) is -0.210. The first-order valence-electron chi connectivity index (χ1n) is 3.87. The largest absolute Gasteiger partial charge is 0.419 e. The number of alkyl halides is 6. The third-order valence-corrected chi connectivity index (χ3v) is 3.27. The third kappa shape index (κ3) is 2.73. The van der Waals surface area contributed by atoms with E-state index >= 15 is 0 Å². The summed E-state index contributed by atoms with van der Waals surface area (Å²) in [4.78, 5) is 3.12. The Balaban J connectivity index is 3.50. The average molecular weight is 371 g/mol. The number of rotatable bonds is 2. The molecule has 0 aromatic carbocycles. The van der Waals surface area contributed by atoms with E-state index in [1.54, 1.807) is 0 Å². The predicted octanol–water partition coefficient (Wildman–Crippen LogP) is 4.38. The van der Waals surface area contributed by atoms with Gasteiger partial charge < -0.3 is 0 Å². The second-order valence-corrected chi connectivity index (χ2v) is 4.14. The molecule has 0 aliphatic rings. The van der Waals surface area contributed by atoms with Crippen molar-refractivity contribution >= 4 is 34.2 Å². The van der Waals surface area contributed by atoms with Gasteiger partial charge in [-0.3, -0.25) is 4.98 Å². The molecule has 8 heteroatoms. The van der Waals surface area contributed by atoms with Crippen LogP contribution in [0.3, 0.4) is 0 Å². The Kier molecular flexibility index (Phi) is 4.33. The first-order valence-corrected chi connectivity index (χ1v) is 5.49. The summed E-state index contributed by atoms with van der Waals surface area (Å²) in [5.41, 5.74) is -2.58. The molecule has 0 unspecified atom stereocenters. The Morgan fingerprint density at radius 1 is 1.38 bits per heavy atom. The second kappa shape index (κ2) is 4.99. The van der Waals surface area contributed by atoms with Crippen LogP contribution in [0.2, 0.25) is 0 Å². The molecule has 0 radical (unpaired) electrons. The molecule has 0 fully saturated rings. The lowest BCUT2D eigenvalue weighted by atomic mass is 10.1. The van der Waals surface area contributed by atoms with E-state index in [1.807, 2.05) is 0 Å². The van der Waals surface area contributed by atoms with Crippen LogP contribution >= 0.6 is 34.2 Å². The van der Waals surface area contributed by atoms with E-state index in [0.717, 1.165) is 6.20 Å². The average Bonchev–Trinajstić information content (AvgIpc) is 2.14. The van der Waals surface area contributed by atoms with Gasteiger partial charge in [0.1, 0.15) is 5.69 Å². The van der Waals surface area contributed by atoms with Gasteiger partial charge in [0.2, 0.25) is 0 Å². The maximum Gasteiger partial charge on any atom is 0.419 e. The fraction of sp³-hybridized carbons (Fsp3) is 0.375. The summed E-state index contributed by atoms with van der Waals surface area (Å²) in [5, 5.41) is 0. The Hall–Kier alpha value is -0.180. The van der Waals surface area contributed by atoms with Gasteiger partial charge in [0.05, 0.1) is 5.56 Å². The molecule has 0 N–H and O–H groups in total. The molecule has 0 aliphatic carbocycles. The lowest BCUT2D eigenvalue weighted by molar-refractivity contribution is -0.140. The fourth-order valence-corrected chi connectivity index (χ4v) is 2.41. The number of hydrogen-bond donors (Lipinski definition) is 0. The second-order valence-electron chi connectivity index (χ2n) is 2.79. The van der Waals surface area contributed by atoms with E-state index in [9.17, 15) is 22.0 Å². The van der Waals surface area contributed by atoms with Crippen LogP contribution in [0.4, 0.5) is 22.0 Å². The standard InChI is InChI=1S/C8H4ClF5IN/c9-1-3-2-16-6(7(10)11)4(5(3)15)8(12,13)14/h2,7H,1H2. The quantitative estimate of drug-likeness (QED) is 0.427. The number of aromatic nitrogens is 1. The van der Waals surface area contributed by atoms with Gasteiger partial charge in [-0.2, -0.15) is 13.2 Å².